The first-order chi connectivity index (χ1) is 13.2. The number of amides is 1. The molecule has 0 atom stereocenters. The molecule has 28 heavy (non-hydrogen) atoms. The molecule has 1 aromatic heterocycles. The number of benzene rings is 1. The Kier molecular flexibility index (Phi) is 6.39. The van der Waals surface area contributed by atoms with Crippen LogP contribution in [0, 0.1) is 0 Å². The van der Waals surface area contributed by atoms with E-state index in [1.165, 1.54) is 0 Å². The van der Waals surface area contributed by atoms with Crippen molar-refractivity contribution >= 4 is 39.1 Å². The molecule has 2 N–H and O–H groups in total. The highest BCUT2D eigenvalue weighted by Gasteiger charge is 2.35. The molecule has 1 fully saturated rings. The Hall–Kier alpha value is -1.54. The summed E-state index contributed by atoms with van der Waals surface area (Å²) in [6.07, 6.45) is 5.39. The molecule has 6 nitrogen and oxygen atoms in total. The van der Waals surface area contributed by atoms with Crippen LogP contribution in [0.3, 0.4) is 0 Å². The van der Waals surface area contributed by atoms with Crippen LogP contribution in [0.2, 0.25) is 10.0 Å². The molecule has 3 rings (SSSR count). The number of sulfonamides is 1. The van der Waals surface area contributed by atoms with E-state index in [0.29, 0.717) is 34.2 Å². The Balaban J connectivity index is 1.72. The minimum absolute atomic E-state index is 0.122. The van der Waals surface area contributed by atoms with Gasteiger partial charge < -0.3 is 9.73 Å². The molecule has 1 aromatic carbocycles. The van der Waals surface area contributed by atoms with Crippen molar-refractivity contribution in [3.8, 4) is 11.3 Å². The van der Waals surface area contributed by atoms with Crippen molar-refractivity contribution < 1.29 is 17.6 Å². The van der Waals surface area contributed by atoms with Crippen LogP contribution in [-0.4, -0.2) is 32.7 Å². The number of rotatable bonds is 6. The molecule has 1 saturated carbocycles. The standard InChI is InChI=1S/C19H22Cl2N2O4S/c1-28(25,26)23-19(9-3-2-4-10-19)12-22-18(24)17-8-7-16(27-17)14-11-13(20)5-6-15(14)21/h5-8,11,23H,2-4,9-10,12H2,1H3,(H,22,24). The number of hydrogen-bond acceptors (Lipinski definition) is 4. The first-order valence-corrected chi connectivity index (χ1v) is 11.6. The molecule has 1 heterocycles. The van der Waals surface area contributed by atoms with Crippen molar-refractivity contribution in [2.75, 3.05) is 12.8 Å². The fraction of sp³-hybridized carbons (Fsp3) is 0.421. The molecule has 0 unspecified atom stereocenters. The van der Waals surface area contributed by atoms with E-state index >= 15 is 0 Å². The highest BCUT2D eigenvalue weighted by molar-refractivity contribution is 7.88. The van der Waals surface area contributed by atoms with Crippen molar-refractivity contribution in [3.63, 3.8) is 0 Å². The highest BCUT2D eigenvalue weighted by Crippen LogP contribution is 2.32. The van der Waals surface area contributed by atoms with E-state index in [2.05, 4.69) is 10.0 Å². The van der Waals surface area contributed by atoms with E-state index in [1.807, 2.05) is 0 Å². The average Bonchev–Trinajstić information content (AvgIpc) is 3.11. The first kappa shape index (κ1) is 21.2. The second-order valence-corrected chi connectivity index (χ2v) is 9.78. The summed E-state index contributed by atoms with van der Waals surface area (Å²) >= 11 is 12.2. The topological polar surface area (TPSA) is 88.4 Å². The van der Waals surface area contributed by atoms with Gasteiger partial charge in [-0.2, -0.15) is 0 Å². The number of furan rings is 1. The largest absolute Gasteiger partial charge is 0.451 e. The second-order valence-electron chi connectivity index (χ2n) is 7.19. The van der Waals surface area contributed by atoms with Crippen LogP contribution < -0.4 is 10.0 Å². The molecule has 1 amide bonds. The molecular weight excluding hydrogens is 423 g/mol. The normalized spacial score (nSPS) is 16.7. The zero-order valence-corrected chi connectivity index (χ0v) is 17.8. The second kappa shape index (κ2) is 8.45. The molecule has 0 spiro atoms. The third-order valence-electron chi connectivity index (χ3n) is 4.82. The molecule has 152 valence electrons. The van der Waals surface area contributed by atoms with Gasteiger partial charge in [0, 0.05) is 17.1 Å². The summed E-state index contributed by atoms with van der Waals surface area (Å²) in [6, 6.07) is 8.20. The first-order valence-electron chi connectivity index (χ1n) is 9.00. The highest BCUT2D eigenvalue weighted by atomic mass is 35.5. The van der Waals surface area contributed by atoms with Crippen LogP contribution in [0.5, 0.6) is 0 Å². The van der Waals surface area contributed by atoms with Gasteiger partial charge in [0.15, 0.2) is 5.76 Å². The minimum Gasteiger partial charge on any atom is -0.451 e. The number of halogens is 2. The van der Waals surface area contributed by atoms with E-state index in [9.17, 15) is 13.2 Å². The summed E-state index contributed by atoms with van der Waals surface area (Å²) < 4.78 is 31.9. The van der Waals surface area contributed by atoms with E-state index in [1.54, 1.807) is 30.3 Å². The van der Waals surface area contributed by atoms with E-state index in [-0.39, 0.29) is 12.3 Å². The lowest BCUT2D eigenvalue weighted by atomic mass is 9.82. The SMILES string of the molecule is CS(=O)(=O)NC1(CNC(=O)c2ccc(-c3cc(Cl)ccc3Cl)o2)CCCCC1. The zero-order chi connectivity index (χ0) is 20.4. The molecule has 0 bridgehead atoms. The average molecular weight is 445 g/mol. The van der Waals surface area contributed by atoms with Gasteiger partial charge >= 0.3 is 0 Å². The van der Waals surface area contributed by atoms with Gasteiger partial charge in [-0.25, -0.2) is 13.1 Å². The van der Waals surface area contributed by atoms with Gasteiger partial charge in [-0.1, -0.05) is 42.5 Å². The van der Waals surface area contributed by atoms with Gasteiger partial charge in [-0.15, -0.1) is 0 Å². The van der Waals surface area contributed by atoms with Gasteiger partial charge in [0.2, 0.25) is 10.0 Å². The van der Waals surface area contributed by atoms with Crippen LogP contribution in [-0.2, 0) is 10.0 Å². The smallest absolute Gasteiger partial charge is 0.287 e. The zero-order valence-electron chi connectivity index (χ0n) is 15.4. The maximum atomic E-state index is 12.6. The van der Waals surface area contributed by atoms with Crippen molar-refractivity contribution in [1.82, 2.24) is 10.0 Å². The predicted molar refractivity (Wildman–Crippen MR) is 110 cm³/mol. The van der Waals surface area contributed by atoms with Crippen molar-refractivity contribution in [3.05, 3.63) is 46.1 Å². The molecule has 9 heteroatoms. The lowest BCUT2D eigenvalue weighted by Crippen LogP contribution is -2.56. The maximum absolute atomic E-state index is 12.6. The van der Waals surface area contributed by atoms with Gasteiger partial charge in [0.05, 0.1) is 16.8 Å². The maximum Gasteiger partial charge on any atom is 0.287 e. The molecule has 0 saturated heterocycles. The van der Waals surface area contributed by atoms with Gasteiger partial charge in [0.25, 0.3) is 5.91 Å². The van der Waals surface area contributed by atoms with Crippen molar-refractivity contribution in [2.45, 2.75) is 37.6 Å². The molecular formula is C19H22Cl2N2O4S. The van der Waals surface area contributed by atoms with Gasteiger partial charge in [-0.05, 0) is 43.2 Å². The minimum atomic E-state index is -3.39. The predicted octanol–water partition coefficient (Wildman–Crippen LogP) is 4.24. The third kappa shape index (κ3) is 5.29. The Morgan fingerprint density at radius 1 is 1.14 bits per heavy atom. The quantitative estimate of drug-likeness (QED) is 0.697. The third-order valence-corrected chi connectivity index (χ3v) is 6.19. The monoisotopic (exact) mass is 444 g/mol. The lowest BCUT2D eigenvalue weighted by Gasteiger charge is -2.37. The van der Waals surface area contributed by atoms with Crippen LogP contribution in [0.25, 0.3) is 11.3 Å². The van der Waals surface area contributed by atoms with Gasteiger partial charge in [0.1, 0.15) is 5.76 Å². The number of carbonyl (C=O) groups excluding carboxylic acids is 1. The molecule has 1 aliphatic rings. The van der Waals surface area contributed by atoms with E-state index in [4.69, 9.17) is 27.6 Å². The Bertz CT molecular complexity index is 966. The Morgan fingerprint density at radius 3 is 2.54 bits per heavy atom. The van der Waals surface area contributed by atoms with E-state index < -0.39 is 21.5 Å². The molecule has 1 aliphatic carbocycles. The fourth-order valence-corrected chi connectivity index (χ4v) is 5.01. The molecule has 0 aliphatic heterocycles. The van der Waals surface area contributed by atoms with Crippen molar-refractivity contribution in [1.29, 1.82) is 0 Å². The lowest BCUT2D eigenvalue weighted by molar-refractivity contribution is 0.0907. The number of nitrogens with one attached hydrogen (secondary N) is 2. The Labute approximate surface area is 174 Å². The van der Waals surface area contributed by atoms with Crippen LogP contribution in [0.4, 0.5) is 0 Å². The van der Waals surface area contributed by atoms with Crippen LogP contribution >= 0.6 is 23.2 Å². The fourth-order valence-electron chi connectivity index (χ4n) is 3.56. The van der Waals surface area contributed by atoms with Gasteiger partial charge in [-0.3, -0.25) is 4.79 Å². The molecule has 0 radical (unpaired) electrons. The summed E-state index contributed by atoms with van der Waals surface area (Å²) in [5.41, 5.74) is -0.0663. The number of hydrogen-bond donors (Lipinski definition) is 2. The summed E-state index contributed by atoms with van der Waals surface area (Å²) in [4.78, 5) is 12.6. The van der Waals surface area contributed by atoms with E-state index in [0.717, 1.165) is 25.5 Å². The van der Waals surface area contributed by atoms with Crippen LogP contribution in [0.1, 0.15) is 42.7 Å². The summed E-state index contributed by atoms with van der Waals surface area (Å²) in [5, 5.41) is 3.77. The summed E-state index contributed by atoms with van der Waals surface area (Å²) in [6.45, 7) is 0.201. The Morgan fingerprint density at radius 2 is 1.86 bits per heavy atom. The number of carbonyl (C=O) groups is 1. The summed E-state index contributed by atoms with van der Waals surface area (Å²) in [7, 11) is -3.39. The van der Waals surface area contributed by atoms with Crippen molar-refractivity contribution in [2.24, 2.45) is 0 Å². The summed E-state index contributed by atoms with van der Waals surface area (Å²) in [5.74, 6) is 0.139. The molecule has 2 aromatic rings. The van der Waals surface area contributed by atoms with Crippen LogP contribution in [0.15, 0.2) is 34.7 Å².